The number of para-hydroxylation sites is 2. The van der Waals surface area contributed by atoms with Gasteiger partial charge in [0.15, 0.2) is 17.5 Å². The Hall–Kier alpha value is -7.67. The van der Waals surface area contributed by atoms with E-state index in [2.05, 4.69) is 133 Å². The van der Waals surface area contributed by atoms with Crippen molar-refractivity contribution in [3.63, 3.8) is 0 Å². The van der Waals surface area contributed by atoms with Crippen molar-refractivity contribution >= 4 is 96.9 Å². The van der Waals surface area contributed by atoms with Crippen LogP contribution in [0, 0.1) is 0 Å². The Morgan fingerprint density at radius 2 is 0.966 bits per heavy atom. The molecule has 0 atom stereocenters. The molecule has 0 unspecified atom stereocenters. The van der Waals surface area contributed by atoms with Gasteiger partial charge in [-0.2, -0.15) is 0 Å². The van der Waals surface area contributed by atoms with E-state index in [1.54, 1.807) is 0 Å². The van der Waals surface area contributed by atoms with E-state index >= 15 is 0 Å². The van der Waals surface area contributed by atoms with Gasteiger partial charge in [0.05, 0.1) is 0 Å². The lowest BCUT2D eigenvalue weighted by molar-refractivity contribution is 0.669. The zero-order chi connectivity index (χ0) is 38.6. The molecule has 0 aliphatic carbocycles. The molecule has 0 spiro atoms. The van der Waals surface area contributed by atoms with Crippen molar-refractivity contribution in [3.8, 4) is 45.3 Å². The number of fused-ring (bicyclic) bond motifs is 12. The van der Waals surface area contributed by atoms with E-state index in [0.717, 1.165) is 77.1 Å². The van der Waals surface area contributed by atoms with E-state index in [1.807, 2.05) is 53.8 Å². The number of hydrogen-bond donors (Lipinski definition) is 0. The largest absolute Gasteiger partial charge is 0.456 e. The van der Waals surface area contributed by atoms with Crippen molar-refractivity contribution in [2.75, 3.05) is 0 Å². The molecule has 274 valence electrons. The highest BCUT2D eigenvalue weighted by Gasteiger charge is 2.23. The summed E-state index contributed by atoms with van der Waals surface area (Å²) in [4.78, 5) is 15.8. The maximum Gasteiger partial charge on any atom is 0.164 e. The lowest BCUT2D eigenvalue weighted by Gasteiger charge is -2.12. The van der Waals surface area contributed by atoms with Crippen molar-refractivity contribution in [2.24, 2.45) is 0 Å². The normalized spacial score (nSPS) is 12.1. The van der Waals surface area contributed by atoms with Crippen LogP contribution < -0.4 is 0 Å². The maximum atomic E-state index is 6.85. The Labute approximate surface area is 340 Å². The van der Waals surface area contributed by atoms with Crippen LogP contribution in [0.5, 0.6) is 0 Å². The first-order valence-corrected chi connectivity index (χ1v) is 20.5. The van der Waals surface area contributed by atoms with E-state index in [0.29, 0.717) is 17.5 Å². The molecule has 13 rings (SSSR count). The lowest BCUT2D eigenvalue weighted by atomic mass is 9.95. The number of hydrogen-bond acceptors (Lipinski definition) is 6. The second-order valence-electron chi connectivity index (χ2n) is 15.1. The van der Waals surface area contributed by atoms with Crippen LogP contribution in [-0.2, 0) is 0 Å². The van der Waals surface area contributed by atoms with Crippen molar-refractivity contribution < 1.29 is 8.83 Å². The molecule has 4 aromatic heterocycles. The highest BCUT2D eigenvalue weighted by atomic mass is 32.1. The molecule has 0 radical (unpaired) electrons. The Morgan fingerprint density at radius 1 is 0.339 bits per heavy atom. The van der Waals surface area contributed by atoms with Crippen LogP contribution in [0.4, 0.5) is 0 Å². The summed E-state index contributed by atoms with van der Waals surface area (Å²) < 4.78 is 15.6. The van der Waals surface area contributed by atoms with Gasteiger partial charge in [0, 0.05) is 64.0 Å². The third-order valence-corrected chi connectivity index (χ3v) is 12.9. The molecule has 13 aromatic rings. The second kappa shape index (κ2) is 12.4. The third kappa shape index (κ3) is 4.94. The molecule has 4 heterocycles. The maximum absolute atomic E-state index is 6.85. The van der Waals surface area contributed by atoms with Crippen LogP contribution in [0.3, 0.4) is 0 Å². The minimum Gasteiger partial charge on any atom is -0.456 e. The molecular weight excluding hydrogens is 743 g/mol. The van der Waals surface area contributed by atoms with Crippen molar-refractivity contribution in [1.82, 2.24) is 15.0 Å². The second-order valence-corrected chi connectivity index (χ2v) is 16.2. The van der Waals surface area contributed by atoms with Gasteiger partial charge in [0.2, 0.25) is 0 Å². The van der Waals surface area contributed by atoms with Crippen LogP contribution in [0.1, 0.15) is 0 Å². The summed E-state index contributed by atoms with van der Waals surface area (Å²) in [6.07, 6.45) is 0. The predicted octanol–water partition coefficient (Wildman–Crippen LogP) is 15.0. The minimum atomic E-state index is 0.572. The molecule has 0 saturated heterocycles. The van der Waals surface area contributed by atoms with E-state index in [-0.39, 0.29) is 0 Å². The molecule has 9 aromatic carbocycles. The number of benzene rings is 9. The quantitative estimate of drug-likeness (QED) is 0.167. The SMILES string of the molecule is c1ccc2c(c1)ccc1cc(-c3nc(-c4ccc5oc6ccccc6c5c4)nc(-c4ccc(-c5cccc6sc7ccccc7c56)c5oc6ccccc6c45)n3)ccc12. The monoisotopic (exact) mass is 771 g/mol. The first-order chi connectivity index (χ1) is 29.2. The molecule has 0 amide bonds. The average Bonchev–Trinajstić information content (AvgIpc) is 4.00. The Kier molecular flexibility index (Phi) is 6.82. The number of nitrogens with zero attached hydrogens (tertiary/aromatic N) is 3. The summed E-state index contributed by atoms with van der Waals surface area (Å²) in [6, 6.07) is 61.5. The fourth-order valence-corrected chi connectivity index (χ4v) is 10.1. The minimum absolute atomic E-state index is 0.572. The van der Waals surface area contributed by atoms with E-state index in [1.165, 1.54) is 36.3 Å². The Balaban J connectivity index is 1.07. The number of aromatic nitrogens is 3. The van der Waals surface area contributed by atoms with Crippen LogP contribution in [0.2, 0.25) is 0 Å². The number of rotatable bonds is 4. The van der Waals surface area contributed by atoms with Crippen molar-refractivity contribution in [3.05, 3.63) is 176 Å². The van der Waals surface area contributed by atoms with Gasteiger partial charge in [0.1, 0.15) is 22.3 Å². The van der Waals surface area contributed by atoms with Gasteiger partial charge < -0.3 is 8.83 Å². The lowest BCUT2D eigenvalue weighted by Crippen LogP contribution is -2.00. The highest BCUT2D eigenvalue weighted by molar-refractivity contribution is 7.25. The van der Waals surface area contributed by atoms with Gasteiger partial charge >= 0.3 is 0 Å². The zero-order valence-corrected chi connectivity index (χ0v) is 32.1. The average molecular weight is 772 g/mol. The summed E-state index contributed by atoms with van der Waals surface area (Å²) in [6.45, 7) is 0. The number of furan rings is 2. The zero-order valence-electron chi connectivity index (χ0n) is 31.3. The molecule has 0 aliphatic heterocycles. The van der Waals surface area contributed by atoms with Gasteiger partial charge in [-0.1, -0.05) is 115 Å². The van der Waals surface area contributed by atoms with Crippen molar-refractivity contribution in [2.45, 2.75) is 0 Å². The van der Waals surface area contributed by atoms with E-state index in [4.69, 9.17) is 23.8 Å². The van der Waals surface area contributed by atoms with Gasteiger partial charge in [0.25, 0.3) is 0 Å². The van der Waals surface area contributed by atoms with Gasteiger partial charge in [-0.3, -0.25) is 0 Å². The smallest absolute Gasteiger partial charge is 0.164 e. The van der Waals surface area contributed by atoms with Gasteiger partial charge in [-0.15, -0.1) is 11.3 Å². The topological polar surface area (TPSA) is 65.0 Å². The molecule has 0 N–H and O–H groups in total. The van der Waals surface area contributed by atoms with Crippen LogP contribution in [0.25, 0.3) is 131 Å². The molecule has 5 nitrogen and oxygen atoms in total. The molecular formula is C53H29N3O2S. The first-order valence-electron chi connectivity index (χ1n) is 19.7. The summed E-state index contributed by atoms with van der Waals surface area (Å²) in [7, 11) is 0. The summed E-state index contributed by atoms with van der Waals surface area (Å²) >= 11 is 1.82. The Morgan fingerprint density at radius 3 is 1.85 bits per heavy atom. The van der Waals surface area contributed by atoms with Crippen LogP contribution in [-0.4, -0.2) is 15.0 Å². The number of thiophene rings is 1. The first kappa shape index (κ1) is 32.4. The van der Waals surface area contributed by atoms with E-state index < -0.39 is 0 Å². The van der Waals surface area contributed by atoms with Crippen molar-refractivity contribution in [1.29, 1.82) is 0 Å². The Bertz CT molecular complexity index is 3870. The summed E-state index contributed by atoms with van der Waals surface area (Å²) in [5, 5.41) is 11.3. The summed E-state index contributed by atoms with van der Waals surface area (Å²) in [5.74, 6) is 1.75. The van der Waals surface area contributed by atoms with Crippen LogP contribution in [0.15, 0.2) is 185 Å². The molecule has 0 fully saturated rings. The predicted molar refractivity (Wildman–Crippen MR) is 244 cm³/mol. The van der Waals surface area contributed by atoms with Gasteiger partial charge in [-0.25, -0.2) is 15.0 Å². The fourth-order valence-electron chi connectivity index (χ4n) is 9.00. The standard InChI is InChI=1S/C53H29N3O2S/c1-2-11-34-30(10-1)20-21-31-28-32(22-24-35(31)34)51-54-52(33-23-27-45-42(29-33)36-12-3-6-16-43(36)57-45)56-53(55-51)41-26-25-38(50-49(41)39-13-4-7-17-44(39)58-50)37-15-9-19-47-48(37)40-14-5-8-18-46(40)59-47/h1-29H. The fraction of sp³-hybridized carbons (Fsp3) is 0. The molecule has 59 heavy (non-hydrogen) atoms. The summed E-state index contributed by atoms with van der Waals surface area (Å²) in [5.41, 5.74) is 8.12. The van der Waals surface area contributed by atoms with Gasteiger partial charge in [-0.05, 0) is 87.8 Å². The highest BCUT2D eigenvalue weighted by Crippen LogP contribution is 2.46. The molecule has 0 bridgehead atoms. The molecule has 0 aliphatic rings. The molecule has 6 heteroatoms. The third-order valence-electron chi connectivity index (χ3n) is 11.7. The molecule has 0 saturated carbocycles. The van der Waals surface area contributed by atoms with Crippen LogP contribution >= 0.6 is 11.3 Å². The van der Waals surface area contributed by atoms with E-state index in [9.17, 15) is 0 Å².